The molecule has 7 nitrogen and oxygen atoms in total. The van der Waals surface area contributed by atoms with Crippen molar-refractivity contribution in [1.29, 1.82) is 0 Å². The molecule has 0 saturated heterocycles. The number of nitrogens with zero attached hydrogens (tertiary/aromatic N) is 1. The second kappa shape index (κ2) is 15.4. The van der Waals surface area contributed by atoms with Crippen molar-refractivity contribution in [3.05, 3.63) is 29.6 Å². The second-order valence-corrected chi connectivity index (χ2v) is 7.92. The molecule has 0 saturated carbocycles. The molecule has 1 aromatic heterocycles. The summed E-state index contributed by atoms with van der Waals surface area (Å²) >= 11 is 0. The number of carbonyl (C=O) groups is 3. The highest BCUT2D eigenvalue weighted by Crippen LogP contribution is 2.22. The van der Waals surface area contributed by atoms with E-state index < -0.39 is 24.1 Å². The minimum Gasteiger partial charge on any atom is -0.464 e. The van der Waals surface area contributed by atoms with Gasteiger partial charge < -0.3 is 14.8 Å². The average Bonchev–Trinajstić information content (AvgIpc) is 2.71. The van der Waals surface area contributed by atoms with Crippen LogP contribution in [-0.2, 0) is 30.3 Å². The molecule has 1 rings (SSSR count). The van der Waals surface area contributed by atoms with E-state index in [-0.39, 0.29) is 12.5 Å². The van der Waals surface area contributed by atoms with Gasteiger partial charge in [-0.1, -0.05) is 57.9 Å². The van der Waals surface area contributed by atoms with Gasteiger partial charge in [-0.15, -0.1) is 0 Å². The Bertz CT molecular complexity index is 692. The molecule has 31 heavy (non-hydrogen) atoms. The van der Waals surface area contributed by atoms with Gasteiger partial charge in [-0.05, 0) is 25.0 Å². The molecule has 1 aromatic rings. The summed E-state index contributed by atoms with van der Waals surface area (Å²) in [6.07, 6.45) is 9.90. The fourth-order valence-corrected chi connectivity index (χ4v) is 3.44. The van der Waals surface area contributed by atoms with E-state index in [2.05, 4.69) is 17.2 Å². The lowest BCUT2D eigenvalue weighted by atomic mass is 10.0. The predicted molar refractivity (Wildman–Crippen MR) is 119 cm³/mol. The van der Waals surface area contributed by atoms with Gasteiger partial charge >= 0.3 is 11.9 Å². The fourth-order valence-electron chi connectivity index (χ4n) is 3.44. The number of esters is 2. The highest BCUT2D eigenvalue weighted by molar-refractivity contribution is 5.73. The lowest BCUT2D eigenvalue weighted by Crippen LogP contribution is -2.43. The lowest BCUT2D eigenvalue weighted by molar-refractivity contribution is -0.152. The molecule has 0 aliphatic rings. The van der Waals surface area contributed by atoms with E-state index in [9.17, 15) is 14.4 Å². The summed E-state index contributed by atoms with van der Waals surface area (Å²) in [6, 6.07) is 4.86. The molecule has 0 aliphatic heterocycles. The van der Waals surface area contributed by atoms with E-state index in [1.54, 1.807) is 6.07 Å². The van der Waals surface area contributed by atoms with Crippen LogP contribution in [0.1, 0.15) is 96.6 Å². The van der Waals surface area contributed by atoms with Crippen LogP contribution in [0.2, 0.25) is 0 Å². The van der Waals surface area contributed by atoms with Crippen molar-refractivity contribution < 1.29 is 23.9 Å². The van der Waals surface area contributed by atoms with Crippen LogP contribution in [-0.4, -0.2) is 35.5 Å². The number of carbonyl (C=O) groups excluding carboxylic acids is 3. The Balaban J connectivity index is 2.77. The molecule has 174 valence electrons. The average molecular weight is 435 g/mol. The topological polar surface area (TPSA) is 94.6 Å². The van der Waals surface area contributed by atoms with Crippen molar-refractivity contribution in [3.63, 3.8) is 0 Å². The Labute approximate surface area is 186 Å². The van der Waals surface area contributed by atoms with Crippen LogP contribution in [0.15, 0.2) is 18.2 Å². The number of rotatable bonds is 15. The molecular formula is C24H38N2O5. The second-order valence-electron chi connectivity index (χ2n) is 7.92. The van der Waals surface area contributed by atoms with Crippen LogP contribution in [0.4, 0.5) is 0 Å². The Morgan fingerprint density at radius 3 is 2.16 bits per heavy atom. The van der Waals surface area contributed by atoms with Gasteiger partial charge in [-0.3, -0.25) is 19.4 Å². The van der Waals surface area contributed by atoms with Crippen molar-refractivity contribution in [2.45, 2.75) is 97.6 Å². The minimum absolute atomic E-state index is 0.114. The molecule has 0 bridgehead atoms. The first-order chi connectivity index (χ1) is 14.8. The molecule has 2 unspecified atom stereocenters. The van der Waals surface area contributed by atoms with Crippen LogP contribution in [0, 0.1) is 0 Å². The Morgan fingerprint density at radius 2 is 1.58 bits per heavy atom. The molecule has 0 radical (unpaired) electrons. The third-order valence-corrected chi connectivity index (χ3v) is 4.92. The van der Waals surface area contributed by atoms with Crippen molar-refractivity contribution >= 4 is 17.8 Å². The molecule has 1 heterocycles. The third kappa shape index (κ3) is 12.1. The van der Waals surface area contributed by atoms with Crippen LogP contribution in [0.25, 0.3) is 0 Å². The molecule has 0 aromatic carbocycles. The fraction of sp³-hybridized carbons (Fsp3) is 0.667. The van der Waals surface area contributed by atoms with Gasteiger partial charge in [-0.2, -0.15) is 0 Å². The SMILES string of the molecule is CCCCCCCCCCc1cccc(C(OC(C)=O)C(COC(C)=O)NC(C)=O)n1. The maximum Gasteiger partial charge on any atom is 0.303 e. The molecular weight excluding hydrogens is 396 g/mol. The quantitative estimate of drug-likeness (QED) is 0.324. The van der Waals surface area contributed by atoms with Crippen molar-refractivity contribution in [2.75, 3.05) is 6.61 Å². The Kier molecular flexibility index (Phi) is 13.2. The molecule has 1 amide bonds. The van der Waals surface area contributed by atoms with Crippen LogP contribution < -0.4 is 5.32 Å². The molecule has 0 fully saturated rings. The van der Waals surface area contributed by atoms with Crippen LogP contribution >= 0.6 is 0 Å². The van der Waals surface area contributed by atoms with Gasteiger partial charge in [-0.25, -0.2) is 0 Å². The number of pyridine rings is 1. The van der Waals surface area contributed by atoms with Crippen LogP contribution in [0.3, 0.4) is 0 Å². The normalized spacial score (nSPS) is 12.6. The molecule has 2 atom stereocenters. The monoisotopic (exact) mass is 434 g/mol. The molecule has 0 spiro atoms. The summed E-state index contributed by atoms with van der Waals surface area (Å²) in [4.78, 5) is 39.3. The maximum atomic E-state index is 11.7. The number of unbranched alkanes of at least 4 members (excludes halogenated alkanes) is 7. The van der Waals surface area contributed by atoms with E-state index in [1.807, 2.05) is 12.1 Å². The van der Waals surface area contributed by atoms with Gasteiger partial charge in [0.15, 0.2) is 6.10 Å². The summed E-state index contributed by atoms with van der Waals surface area (Å²) in [5.74, 6) is -1.30. The highest BCUT2D eigenvalue weighted by Gasteiger charge is 2.29. The first-order valence-electron chi connectivity index (χ1n) is 11.4. The third-order valence-electron chi connectivity index (χ3n) is 4.92. The number of hydrogen-bond acceptors (Lipinski definition) is 6. The van der Waals surface area contributed by atoms with E-state index in [0.717, 1.165) is 25.0 Å². The highest BCUT2D eigenvalue weighted by atomic mass is 16.6. The van der Waals surface area contributed by atoms with E-state index >= 15 is 0 Å². The van der Waals surface area contributed by atoms with Crippen molar-refractivity contribution in [2.24, 2.45) is 0 Å². The van der Waals surface area contributed by atoms with Crippen molar-refractivity contribution in [3.8, 4) is 0 Å². The van der Waals surface area contributed by atoms with Gasteiger partial charge in [0.1, 0.15) is 12.6 Å². The zero-order valence-corrected chi connectivity index (χ0v) is 19.4. The zero-order valence-electron chi connectivity index (χ0n) is 19.4. The van der Waals surface area contributed by atoms with Gasteiger partial charge in [0.05, 0.1) is 5.69 Å². The largest absolute Gasteiger partial charge is 0.464 e. The standard InChI is InChI=1S/C24H38N2O5/c1-5-6-7-8-9-10-11-12-14-21-15-13-16-22(26-21)24(31-20(4)29)23(25-18(2)27)17-30-19(3)28/h13,15-16,23-24H,5-12,14,17H2,1-4H3,(H,25,27). The van der Waals surface area contributed by atoms with Gasteiger partial charge in [0.2, 0.25) is 5.91 Å². The van der Waals surface area contributed by atoms with Gasteiger partial charge in [0.25, 0.3) is 0 Å². The van der Waals surface area contributed by atoms with E-state index in [1.165, 1.54) is 59.3 Å². The Morgan fingerprint density at radius 1 is 0.935 bits per heavy atom. The lowest BCUT2D eigenvalue weighted by Gasteiger charge is -2.26. The first-order valence-corrected chi connectivity index (χ1v) is 11.4. The number of ether oxygens (including phenoxy) is 2. The summed E-state index contributed by atoms with van der Waals surface area (Å²) in [5.41, 5.74) is 1.44. The number of aryl methyl sites for hydroxylation is 1. The smallest absolute Gasteiger partial charge is 0.303 e. The maximum absolute atomic E-state index is 11.7. The van der Waals surface area contributed by atoms with Crippen LogP contribution in [0.5, 0.6) is 0 Å². The zero-order chi connectivity index (χ0) is 23.1. The molecule has 0 aliphatic carbocycles. The minimum atomic E-state index is -0.848. The summed E-state index contributed by atoms with van der Waals surface area (Å²) < 4.78 is 10.5. The molecule has 1 N–H and O–H groups in total. The number of amides is 1. The van der Waals surface area contributed by atoms with E-state index in [0.29, 0.717) is 5.69 Å². The molecule has 7 heteroatoms. The van der Waals surface area contributed by atoms with Crippen molar-refractivity contribution in [1.82, 2.24) is 10.3 Å². The van der Waals surface area contributed by atoms with Gasteiger partial charge in [0, 0.05) is 26.5 Å². The van der Waals surface area contributed by atoms with E-state index in [4.69, 9.17) is 9.47 Å². The summed E-state index contributed by atoms with van der Waals surface area (Å²) in [5, 5.41) is 2.71. The summed E-state index contributed by atoms with van der Waals surface area (Å²) in [7, 11) is 0. The Hall–Kier alpha value is -2.44. The number of aromatic nitrogens is 1. The first kappa shape index (κ1) is 26.6. The predicted octanol–water partition coefficient (Wildman–Crippen LogP) is 4.44. The summed E-state index contributed by atoms with van der Waals surface area (Å²) in [6.45, 7) is 6.05. The number of hydrogen-bond donors (Lipinski definition) is 1. The number of nitrogens with one attached hydrogen (secondary N) is 1.